The number of hydrogen-bond donors (Lipinski definition) is 1. The molecule has 0 saturated heterocycles. The Kier molecular flexibility index (Phi) is 8.97. The number of ether oxygens (including phenoxy) is 2. The molecule has 0 fully saturated rings. The number of aromatic nitrogens is 3. The first-order valence-corrected chi connectivity index (χ1v) is 13.8. The standard InChI is InChI=1S/C27H28N4O4S2/c1-4-31-24(18(3)35-20-14-10-7-11-15-20)29-30-27(31)37-17-22(32)28-25-23(26(33)34-5-2)21(16-36-25)19-12-8-6-9-13-19/h6-16,18H,4-5,17H2,1-3H3,(H,28,32). The third-order valence-electron chi connectivity index (χ3n) is 5.42. The predicted octanol–water partition coefficient (Wildman–Crippen LogP) is 6.07. The number of anilines is 1. The van der Waals surface area contributed by atoms with Crippen LogP contribution in [0.5, 0.6) is 5.75 Å². The van der Waals surface area contributed by atoms with E-state index in [0.29, 0.717) is 28.1 Å². The fourth-order valence-corrected chi connectivity index (χ4v) is 5.52. The molecule has 0 radical (unpaired) electrons. The SMILES string of the molecule is CCOC(=O)c1c(-c2ccccc2)csc1NC(=O)CSc1nnc(C(C)Oc2ccccc2)n1CC. The van der Waals surface area contributed by atoms with Gasteiger partial charge in [-0.3, -0.25) is 4.79 Å². The van der Waals surface area contributed by atoms with Gasteiger partial charge in [0.05, 0.1) is 12.4 Å². The summed E-state index contributed by atoms with van der Waals surface area (Å²) in [5.41, 5.74) is 1.98. The molecule has 4 rings (SSSR count). The lowest BCUT2D eigenvalue weighted by Crippen LogP contribution is -2.17. The number of esters is 1. The highest BCUT2D eigenvalue weighted by molar-refractivity contribution is 7.99. The number of carbonyl (C=O) groups excluding carboxylic acids is 2. The molecule has 10 heteroatoms. The van der Waals surface area contributed by atoms with Gasteiger partial charge in [-0.1, -0.05) is 60.3 Å². The van der Waals surface area contributed by atoms with Gasteiger partial charge in [-0.15, -0.1) is 21.5 Å². The maximum Gasteiger partial charge on any atom is 0.341 e. The summed E-state index contributed by atoms with van der Waals surface area (Å²) in [6, 6.07) is 19.1. The number of nitrogens with zero attached hydrogens (tertiary/aromatic N) is 3. The Morgan fingerprint density at radius 3 is 2.43 bits per heavy atom. The number of carbonyl (C=O) groups is 2. The zero-order chi connectivity index (χ0) is 26.2. The molecule has 37 heavy (non-hydrogen) atoms. The number of rotatable bonds is 11. The van der Waals surface area contributed by atoms with E-state index in [4.69, 9.17) is 9.47 Å². The molecular weight excluding hydrogens is 508 g/mol. The number of thioether (sulfide) groups is 1. The topological polar surface area (TPSA) is 95.3 Å². The van der Waals surface area contributed by atoms with Gasteiger partial charge in [0.2, 0.25) is 5.91 Å². The van der Waals surface area contributed by atoms with E-state index in [2.05, 4.69) is 15.5 Å². The van der Waals surface area contributed by atoms with Crippen LogP contribution in [0, 0.1) is 0 Å². The predicted molar refractivity (Wildman–Crippen MR) is 146 cm³/mol. The van der Waals surface area contributed by atoms with Crippen LogP contribution in [0.1, 0.15) is 43.1 Å². The van der Waals surface area contributed by atoms with Crippen LogP contribution in [-0.2, 0) is 16.1 Å². The summed E-state index contributed by atoms with van der Waals surface area (Å²) >= 11 is 2.58. The normalized spacial score (nSPS) is 11.6. The van der Waals surface area contributed by atoms with E-state index in [-0.39, 0.29) is 24.4 Å². The summed E-state index contributed by atoms with van der Waals surface area (Å²) in [6.45, 7) is 6.54. The molecule has 0 bridgehead atoms. The van der Waals surface area contributed by atoms with Crippen molar-refractivity contribution in [1.82, 2.24) is 14.8 Å². The van der Waals surface area contributed by atoms with Gasteiger partial charge in [0.25, 0.3) is 0 Å². The highest BCUT2D eigenvalue weighted by Crippen LogP contribution is 2.36. The monoisotopic (exact) mass is 536 g/mol. The first-order valence-electron chi connectivity index (χ1n) is 11.9. The van der Waals surface area contributed by atoms with Crippen LogP contribution in [0.15, 0.2) is 71.2 Å². The third-order valence-corrected chi connectivity index (χ3v) is 7.28. The smallest absolute Gasteiger partial charge is 0.341 e. The first-order chi connectivity index (χ1) is 18.0. The van der Waals surface area contributed by atoms with E-state index in [0.717, 1.165) is 16.9 Å². The quantitative estimate of drug-likeness (QED) is 0.183. The van der Waals surface area contributed by atoms with Crippen LogP contribution in [0.2, 0.25) is 0 Å². The van der Waals surface area contributed by atoms with Gasteiger partial charge in [-0.25, -0.2) is 4.79 Å². The summed E-state index contributed by atoms with van der Waals surface area (Å²) in [5.74, 6) is 0.820. The highest BCUT2D eigenvalue weighted by Gasteiger charge is 2.24. The van der Waals surface area contributed by atoms with Crippen molar-refractivity contribution in [2.24, 2.45) is 0 Å². The summed E-state index contributed by atoms with van der Waals surface area (Å²) in [4.78, 5) is 25.6. The molecule has 0 saturated carbocycles. The van der Waals surface area contributed by atoms with Crippen LogP contribution in [-0.4, -0.2) is 39.0 Å². The van der Waals surface area contributed by atoms with E-state index in [1.54, 1.807) is 6.92 Å². The molecule has 2 aromatic carbocycles. The van der Waals surface area contributed by atoms with Crippen LogP contribution in [0.25, 0.3) is 11.1 Å². The Bertz CT molecular complexity index is 1340. The number of nitrogens with one attached hydrogen (secondary N) is 1. The molecule has 0 aliphatic heterocycles. The van der Waals surface area contributed by atoms with Crippen molar-refractivity contribution in [2.45, 2.75) is 38.6 Å². The molecule has 4 aromatic rings. The number of amides is 1. The maximum absolute atomic E-state index is 12.9. The van der Waals surface area contributed by atoms with Crippen molar-refractivity contribution in [3.05, 3.63) is 77.4 Å². The van der Waals surface area contributed by atoms with E-state index in [1.807, 2.05) is 84.5 Å². The minimum Gasteiger partial charge on any atom is -0.483 e. The molecule has 1 amide bonds. The van der Waals surface area contributed by atoms with Crippen LogP contribution in [0.3, 0.4) is 0 Å². The van der Waals surface area contributed by atoms with Crippen molar-refractivity contribution < 1.29 is 19.1 Å². The van der Waals surface area contributed by atoms with E-state index in [1.165, 1.54) is 23.1 Å². The second kappa shape index (κ2) is 12.6. The number of para-hydroxylation sites is 1. The maximum atomic E-state index is 12.9. The lowest BCUT2D eigenvalue weighted by Gasteiger charge is -2.15. The molecule has 8 nitrogen and oxygen atoms in total. The van der Waals surface area contributed by atoms with Crippen molar-refractivity contribution in [2.75, 3.05) is 17.7 Å². The van der Waals surface area contributed by atoms with Crippen LogP contribution in [0.4, 0.5) is 5.00 Å². The number of benzene rings is 2. The third kappa shape index (κ3) is 6.39. The molecule has 0 spiro atoms. The van der Waals surface area contributed by atoms with E-state index < -0.39 is 5.97 Å². The Morgan fingerprint density at radius 1 is 1.05 bits per heavy atom. The molecule has 1 unspecified atom stereocenters. The minimum absolute atomic E-state index is 0.104. The Labute approximate surface area is 224 Å². The molecule has 1 atom stereocenters. The molecular formula is C27H28N4O4S2. The number of thiophene rings is 1. The lowest BCUT2D eigenvalue weighted by atomic mass is 10.0. The van der Waals surface area contributed by atoms with Crippen molar-refractivity contribution >= 4 is 40.0 Å². The highest BCUT2D eigenvalue weighted by atomic mass is 32.2. The second-order valence-corrected chi connectivity index (χ2v) is 9.76. The van der Waals surface area contributed by atoms with Crippen molar-refractivity contribution in [1.29, 1.82) is 0 Å². The van der Waals surface area contributed by atoms with E-state index in [9.17, 15) is 9.59 Å². The summed E-state index contributed by atoms with van der Waals surface area (Å²) in [7, 11) is 0. The average Bonchev–Trinajstić information content (AvgIpc) is 3.52. The summed E-state index contributed by atoms with van der Waals surface area (Å²) < 4.78 is 13.2. The minimum atomic E-state index is -0.465. The van der Waals surface area contributed by atoms with Gasteiger partial charge < -0.3 is 19.4 Å². The van der Waals surface area contributed by atoms with Crippen molar-refractivity contribution in [3.8, 4) is 16.9 Å². The van der Waals surface area contributed by atoms with Gasteiger partial charge in [-0.05, 0) is 38.5 Å². The molecule has 192 valence electrons. The summed E-state index contributed by atoms with van der Waals surface area (Å²) in [5, 5.41) is 14.4. The zero-order valence-corrected chi connectivity index (χ0v) is 22.5. The van der Waals surface area contributed by atoms with Crippen LogP contribution >= 0.6 is 23.1 Å². The Hall–Kier alpha value is -3.63. The Balaban J connectivity index is 1.45. The number of hydrogen-bond acceptors (Lipinski definition) is 8. The Morgan fingerprint density at radius 2 is 1.76 bits per heavy atom. The zero-order valence-electron chi connectivity index (χ0n) is 20.8. The first kappa shape index (κ1) is 26.4. The molecule has 0 aliphatic carbocycles. The fraction of sp³-hybridized carbons (Fsp3) is 0.259. The van der Waals surface area contributed by atoms with Gasteiger partial charge in [0.15, 0.2) is 17.1 Å². The van der Waals surface area contributed by atoms with Gasteiger partial charge >= 0.3 is 5.97 Å². The van der Waals surface area contributed by atoms with Crippen molar-refractivity contribution in [3.63, 3.8) is 0 Å². The fourth-order valence-electron chi connectivity index (χ4n) is 3.74. The summed E-state index contributed by atoms with van der Waals surface area (Å²) in [6.07, 6.45) is -0.312. The van der Waals surface area contributed by atoms with E-state index >= 15 is 0 Å². The second-order valence-electron chi connectivity index (χ2n) is 7.94. The van der Waals surface area contributed by atoms with Gasteiger partial charge in [0.1, 0.15) is 16.3 Å². The molecule has 2 heterocycles. The largest absolute Gasteiger partial charge is 0.483 e. The van der Waals surface area contributed by atoms with Crippen LogP contribution < -0.4 is 10.1 Å². The lowest BCUT2D eigenvalue weighted by molar-refractivity contribution is -0.113. The molecule has 1 N–H and O–H groups in total. The average molecular weight is 537 g/mol. The molecule has 0 aliphatic rings. The van der Waals surface area contributed by atoms with Gasteiger partial charge in [-0.2, -0.15) is 0 Å². The van der Waals surface area contributed by atoms with Gasteiger partial charge in [0, 0.05) is 17.5 Å². The molecule has 2 aromatic heterocycles.